The van der Waals surface area contributed by atoms with Crippen LogP contribution in [-0.2, 0) is 4.79 Å². The Bertz CT molecular complexity index is 300. The molecule has 0 spiro atoms. The van der Waals surface area contributed by atoms with Crippen LogP contribution in [0.2, 0.25) is 0 Å². The van der Waals surface area contributed by atoms with Gasteiger partial charge in [-0.05, 0) is 46.0 Å². The second kappa shape index (κ2) is 6.23. The molecule has 2 rings (SSSR count). The van der Waals surface area contributed by atoms with Gasteiger partial charge < -0.3 is 15.3 Å². The number of nitrogens with zero attached hydrogens (tertiary/aromatic N) is 1. The Labute approximate surface area is 116 Å². The maximum Gasteiger partial charge on any atom is 0.223 e. The van der Waals surface area contributed by atoms with E-state index in [0.717, 1.165) is 51.7 Å². The molecule has 4 nitrogen and oxygen atoms in total. The first-order valence-corrected chi connectivity index (χ1v) is 7.69. The first-order valence-electron chi connectivity index (χ1n) is 7.69. The van der Waals surface area contributed by atoms with Crippen molar-refractivity contribution in [1.82, 2.24) is 10.2 Å². The van der Waals surface area contributed by atoms with E-state index in [4.69, 9.17) is 0 Å². The minimum atomic E-state index is -0.574. The monoisotopic (exact) mass is 268 g/mol. The molecule has 19 heavy (non-hydrogen) atoms. The van der Waals surface area contributed by atoms with Crippen LogP contribution in [0.1, 0.15) is 52.4 Å². The van der Waals surface area contributed by atoms with Gasteiger partial charge in [0.05, 0.1) is 5.60 Å². The zero-order valence-electron chi connectivity index (χ0n) is 12.3. The van der Waals surface area contributed by atoms with E-state index in [1.54, 1.807) is 0 Å². The van der Waals surface area contributed by atoms with Crippen molar-refractivity contribution in [2.75, 3.05) is 19.6 Å². The lowest BCUT2D eigenvalue weighted by molar-refractivity contribution is -0.128. The van der Waals surface area contributed by atoms with Gasteiger partial charge in [-0.1, -0.05) is 6.42 Å². The summed E-state index contributed by atoms with van der Waals surface area (Å²) in [7, 11) is 0. The quantitative estimate of drug-likeness (QED) is 0.795. The lowest BCUT2D eigenvalue weighted by Gasteiger charge is -2.35. The fourth-order valence-electron chi connectivity index (χ4n) is 2.72. The molecule has 0 atom stereocenters. The van der Waals surface area contributed by atoms with Crippen LogP contribution in [0.15, 0.2) is 0 Å². The first-order chi connectivity index (χ1) is 8.94. The van der Waals surface area contributed by atoms with Gasteiger partial charge in [0.25, 0.3) is 0 Å². The summed E-state index contributed by atoms with van der Waals surface area (Å²) in [6.45, 7) is 6.74. The van der Waals surface area contributed by atoms with E-state index in [2.05, 4.69) is 10.2 Å². The van der Waals surface area contributed by atoms with Gasteiger partial charge in [-0.25, -0.2) is 0 Å². The molecule has 1 saturated carbocycles. The fraction of sp³-hybridized carbons (Fsp3) is 0.933. The molecule has 2 fully saturated rings. The second-order valence-electron chi connectivity index (χ2n) is 6.81. The Hall–Kier alpha value is -0.610. The normalized spacial score (nSPS) is 23.1. The van der Waals surface area contributed by atoms with Crippen molar-refractivity contribution in [1.29, 1.82) is 0 Å². The van der Waals surface area contributed by atoms with Crippen LogP contribution in [0.25, 0.3) is 0 Å². The Morgan fingerprint density at radius 3 is 2.37 bits per heavy atom. The number of aliphatic hydroxyl groups is 1. The number of carbonyl (C=O) groups excluding carboxylic acids is 1. The molecule has 0 aromatic carbocycles. The molecule has 2 aliphatic rings. The summed E-state index contributed by atoms with van der Waals surface area (Å²) in [5.74, 6) is 0.578. The number of nitrogens with one attached hydrogen (secondary N) is 1. The van der Waals surface area contributed by atoms with E-state index in [9.17, 15) is 9.90 Å². The molecule has 0 unspecified atom stereocenters. The summed E-state index contributed by atoms with van der Waals surface area (Å²) >= 11 is 0. The summed E-state index contributed by atoms with van der Waals surface area (Å²) in [6.07, 6.45) is 6.28. The van der Waals surface area contributed by atoms with Crippen molar-refractivity contribution in [2.45, 2.75) is 64.0 Å². The summed E-state index contributed by atoms with van der Waals surface area (Å²) in [5, 5.41) is 12.9. The molecule has 1 heterocycles. The predicted molar refractivity (Wildman–Crippen MR) is 75.9 cm³/mol. The first kappa shape index (κ1) is 14.8. The third kappa shape index (κ3) is 4.77. The number of piperidine rings is 1. The highest BCUT2D eigenvalue weighted by Crippen LogP contribution is 2.26. The minimum absolute atomic E-state index is 0.279. The lowest BCUT2D eigenvalue weighted by Crippen LogP contribution is -2.47. The highest BCUT2D eigenvalue weighted by atomic mass is 16.3. The van der Waals surface area contributed by atoms with Gasteiger partial charge >= 0.3 is 0 Å². The molecular formula is C15H28N2O2. The highest BCUT2D eigenvalue weighted by Gasteiger charge is 2.28. The molecule has 0 aromatic heterocycles. The smallest absolute Gasteiger partial charge is 0.223 e. The molecule has 110 valence electrons. The third-order valence-electron chi connectivity index (χ3n) is 4.45. The summed E-state index contributed by atoms with van der Waals surface area (Å²) in [5.41, 5.74) is -0.574. The van der Waals surface area contributed by atoms with Crippen LogP contribution in [0.3, 0.4) is 0 Å². The van der Waals surface area contributed by atoms with Crippen molar-refractivity contribution in [3.05, 3.63) is 0 Å². The molecule has 0 aromatic rings. The Balaban J connectivity index is 1.63. The SMILES string of the molecule is CC(C)(O)CCN1CCC(NC(=O)C2CCC2)CC1. The lowest BCUT2D eigenvalue weighted by atomic mass is 9.84. The number of amides is 1. The van der Waals surface area contributed by atoms with Crippen molar-refractivity contribution in [3.63, 3.8) is 0 Å². The van der Waals surface area contributed by atoms with E-state index < -0.39 is 5.60 Å². The van der Waals surface area contributed by atoms with E-state index in [0.29, 0.717) is 12.0 Å². The molecule has 2 N–H and O–H groups in total. The highest BCUT2D eigenvalue weighted by molar-refractivity contribution is 5.79. The summed E-state index contributed by atoms with van der Waals surface area (Å²) in [4.78, 5) is 14.3. The molecule has 0 radical (unpaired) electrons. The molecular weight excluding hydrogens is 240 g/mol. The number of likely N-dealkylation sites (tertiary alicyclic amines) is 1. The van der Waals surface area contributed by atoms with Gasteiger partial charge in [0.1, 0.15) is 0 Å². The van der Waals surface area contributed by atoms with Crippen molar-refractivity contribution < 1.29 is 9.90 Å². The van der Waals surface area contributed by atoms with Crippen molar-refractivity contribution >= 4 is 5.91 Å². The molecule has 4 heteroatoms. The van der Waals surface area contributed by atoms with Crippen LogP contribution in [0, 0.1) is 5.92 Å². The molecule has 1 amide bonds. The molecule has 0 bridgehead atoms. The number of hydrogen-bond acceptors (Lipinski definition) is 3. The van der Waals surface area contributed by atoms with E-state index in [1.165, 1.54) is 6.42 Å². The Morgan fingerprint density at radius 1 is 1.26 bits per heavy atom. The predicted octanol–water partition coefficient (Wildman–Crippen LogP) is 1.53. The van der Waals surface area contributed by atoms with Crippen molar-refractivity contribution in [2.24, 2.45) is 5.92 Å². The topological polar surface area (TPSA) is 52.6 Å². The molecule has 1 saturated heterocycles. The van der Waals surface area contributed by atoms with E-state index >= 15 is 0 Å². The van der Waals surface area contributed by atoms with Crippen molar-refractivity contribution in [3.8, 4) is 0 Å². The number of hydrogen-bond donors (Lipinski definition) is 2. The summed E-state index contributed by atoms with van der Waals surface area (Å²) < 4.78 is 0. The Kier molecular flexibility index (Phi) is 4.85. The van der Waals surface area contributed by atoms with Crippen LogP contribution >= 0.6 is 0 Å². The third-order valence-corrected chi connectivity index (χ3v) is 4.45. The van der Waals surface area contributed by atoms with Gasteiger partial charge in [-0.3, -0.25) is 4.79 Å². The van der Waals surface area contributed by atoms with Gasteiger partial charge in [-0.2, -0.15) is 0 Å². The van der Waals surface area contributed by atoms with Gasteiger partial charge in [0.15, 0.2) is 0 Å². The van der Waals surface area contributed by atoms with Gasteiger partial charge in [0, 0.05) is 31.6 Å². The second-order valence-corrected chi connectivity index (χ2v) is 6.81. The van der Waals surface area contributed by atoms with E-state index in [1.807, 2.05) is 13.8 Å². The average molecular weight is 268 g/mol. The zero-order valence-corrected chi connectivity index (χ0v) is 12.3. The maximum atomic E-state index is 11.9. The van der Waals surface area contributed by atoms with Gasteiger partial charge in [-0.15, -0.1) is 0 Å². The Morgan fingerprint density at radius 2 is 1.89 bits per heavy atom. The van der Waals surface area contributed by atoms with Crippen LogP contribution in [-0.4, -0.2) is 47.2 Å². The number of rotatable bonds is 5. The minimum Gasteiger partial charge on any atom is -0.390 e. The van der Waals surface area contributed by atoms with Crippen LogP contribution in [0.5, 0.6) is 0 Å². The zero-order chi connectivity index (χ0) is 13.9. The summed E-state index contributed by atoms with van der Waals surface area (Å²) in [6, 6.07) is 0.367. The molecule has 1 aliphatic carbocycles. The van der Waals surface area contributed by atoms with Gasteiger partial charge in [0.2, 0.25) is 5.91 Å². The van der Waals surface area contributed by atoms with Crippen LogP contribution in [0.4, 0.5) is 0 Å². The number of carbonyl (C=O) groups is 1. The fourth-order valence-corrected chi connectivity index (χ4v) is 2.72. The standard InChI is InChI=1S/C15H28N2O2/c1-15(2,19)8-11-17-9-6-13(7-10-17)16-14(18)12-4-3-5-12/h12-13,19H,3-11H2,1-2H3,(H,16,18). The van der Waals surface area contributed by atoms with E-state index in [-0.39, 0.29) is 5.91 Å². The molecule has 1 aliphatic heterocycles. The maximum absolute atomic E-state index is 11.9. The largest absolute Gasteiger partial charge is 0.390 e. The average Bonchev–Trinajstić information content (AvgIpc) is 2.24. The van der Waals surface area contributed by atoms with Crippen LogP contribution < -0.4 is 5.32 Å².